The van der Waals surface area contributed by atoms with Crippen LogP contribution in [-0.4, -0.2) is 32.9 Å². The largest absolute Gasteiger partial charge is 0.477 e. The van der Waals surface area contributed by atoms with E-state index in [0.29, 0.717) is 6.42 Å². The van der Waals surface area contributed by atoms with E-state index >= 15 is 0 Å². The number of hydrogen-bond acceptors (Lipinski definition) is 4. The molecular formula is C14H14N2O3S. The number of aliphatic carboxylic acids is 1. The Morgan fingerprint density at radius 3 is 3.00 bits per heavy atom. The maximum Gasteiger partial charge on any atom is 0.353 e. The average molecular weight is 290 g/mol. The number of carbonyl (C=O) groups is 2. The van der Waals surface area contributed by atoms with E-state index in [-0.39, 0.29) is 23.6 Å². The topological polar surface area (TPSA) is 70.5 Å². The summed E-state index contributed by atoms with van der Waals surface area (Å²) in [5.41, 5.74) is 0.151. The second kappa shape index (κ2) is 4.94. The number of carboxylic acid groups (broad SMARTS) is 1. The first-order chi connectivity index (χ1) is 9.63. The molecule has 6 heteroatoms. The molecule has 0 bridgehead atoms. The molecular weight excluding hydrogens is 276 g/mol. The minimum absolute atomic E-state index is 0.0257. The van der Waals surface area contributed by atoms with Crippen molar-refractivity contribution in [1.82, 2.24) is 9.88 Å². The van der Waals surface area contributed by atoms with Crippen LogP contribution in [0.2, 0.25) is 0 Å². The zero-order valence-electron chi connectivity index (χ0n) is 10.9. The molecule has 0 spiro atoms. The van der Waals surface area contributed by atoms with Gasteiger partial charge in [0.2, 0.25) is 5.91 Å². The highest BCUT2D eigenvalue weighted by molar-refractivity contribution is 8.03. The molecule has 1 fully saturated rings. The minimum atomic E-state index is -1.03. The molecule has 3 rings (SSSR count). The van der Waals surface area contributed by atoms with Crippen molar-refractivity contribution in [2.45, 2.75) is 30.7 Å². The molecule has 0 aliphatic carbocycles. The summed E-state index contributed by atoms with van der Waals surface area (Å²) in [6.45, 7) is 1.96. The van der Waals surface area contributed by atoms with Gasteiger partial charge in [0.05, 0.1) is 12.0 Å². The molecule has 1 amide bonds. The second-order valence-electron chi connectivity index (χ2n) is 4.86. The maximum absolute atomic E-state index is 12.0. The lowest BCUT2D eigenvalue weighted by Crippen LogP contribution is -2.58. The molecule has 2 unspecified atom stereocenters. The Kier molecular flexibility index (Phi) is 3.25. The third-order valence-electron chi connectivity index (χ3n) is 3.77. The van der Waals surface area contributed by atoms with Crippen molar-refractivity contribution in [3.8, 4) is 0 Å². The quantitative estimate of drug-likeness (QED) is 0.860. The molecule has 104 valence electrons. The van der Waals surface area contributed by atoms with Crippen molar-refractivity contribution >= 4 is 23.6 Å². The highest BCUT2D eigenvalue weighted by atomic mass is 32.2. The molecule has 2 aliphatic heterocycles. The van der Waals surface area contributed by atoms with Gasteiger partial charge >= 0.3 is 5.97 Å². The Hall–Kier alpha value is -1.82. The van der Waals surface area contributed by atoms with Gasteiger partial charge in [-0.1, -0.05) is 18.7 Å². The number of amides is 1. The lowest BCUT2D eigenvalue weighted by atomic mass is 9.85. The summed E-state index contributed by atoms with van der Waals surface area (Å²) in [6, 6.07) is 3.73. The van der Waals surface area contributed by atoms with Crippen LogP contribution in [0.4, 0.5) is 0 Å². The van der Waals surface area contributed by atoms with Crippen molar-refractivity contribution in [2.24, 2.45) is 5.92 Å². The molecule has 1 aromatic rings. The first kappa shape index (κ1) is 13.2. The van der Waals surface area contributed by atoms with Crippen molar-refractivity contribution in [2.75, 3.05) is 0 Å². The van der Waals surface area contributed by atoms with E-state index in [1.165, 1.54) is 16.7 Å². The van der Waals surface area contributed by atoms with Gasteiger partial charge in [-0.25, -0.2) is 4.79 Å². The lowest BCUT2D eigenvalue weighted by molar-refractivity contribution is -0.155. The van der Waals surface area contributed by atoms with Crippen LogP contribution < -0.4 is 0 Å². The summed E-state index contributed by atoms with van der Waals surface area (Å²) in [7, 11) is 0. The molecule has 1 saturated heterocycles. The summed E-state index contributed by atoms with van der Waals surface area (Å²) in [5, 5.41) is 9.38. The van der Waals surface area contributed by atoms with Crippen LogP contribution >= 0.6 is 11.8 Å². The Morgan fingerprint density at radius 2 is 2.40 bits per heavy atom. The minimum Gasteiger partial charge on any atom is -0.477 e. The van der Waals surface area contributed by atoms with Gasteiger partial charge in [-0.15, -0.1) is 0 Å². The summed E-state index contributed by atoms with van der Waals surface area (Å²) >= 11 is 1.39. The van der Waals surface area contributed by atoms with Gasteiger partial charge in [-0.05, 0) is 18.6 Å². The molecule has 0 aromatic carbocycles. The highest BCUT2D eigenvalue weighted by Crippen LogP contribution is 2.48. The van der Waals surface area contributed by atoms with Crippen LogP contribution in [0.1, 0.15) is 19.8 Å². The zero-order valence-corrected chi connectivity index (χ0v) is 11.8. The average Bonchev–Trinajstić information content (AvgIpc) is 2.76. The van der Waals surface area contributed by atoms with Gasteiger partial charge in [0, 0.05) is 28.6 Å². The van der Waals surface area contributed by atoms with E-state index in [1.54, 1.807) is 12.4 Å². The Bertz CT molecular complexity index is 600. The molecule has 20 heavy (non-hydrogen) atoms. The molecule has 1 N–H and O–H groups in total. The molecule has 1 aromatic heterocycles. The fourth-order valence-electron chi connectivity index (χ4n) is 2.84. The van der Waals surface area contributed by atoms with Gasteiger partial charge in [0.1, 0.15) is 5.70 Å². The van der Waals surface area contributed by atoms with Crippen molar-refractivity contribution < 1.29 is 14.7 Å². The van der Waals surface area contributed by atoms with E-state index in [9.17, 15) is 14.7 Å². The number of β-lactam (4-membered cyclic amide) rings is 1. The summed E-state index contributed by atoms with van der Waals surface area (Å²) in [4.78, 5) is 30.6. The molecule has 2 aliphatic rings. The lowest BCUT2D eigenvalue weighted by Gasteiger charge is -2.42. The van der Waals surface area contributed by atoms with Crippen molar-refractivity contribution in [1.29, 1.82) is 0 Å². The van der Waals surface area contributed by atoms with Crippen LogP contribution in [0.25, 0.3) is 0 Å². The fourth-order valence-corrected chi connectivity index (χ4v) is 3.92. The molecule has 0 radical (unpaired) electrons. The highest BCUT2D eigenvalue weighted by Gasteiger charge is 2.54. The Balaban J connectivity index is 1.90. The van der Waals surface area contributed by atoms with Gasteiger partial charge in [0.15, 0.2) is 0 Å². The standard InChI is InChI=1S/C14H14N2O3S/c1-2-9-10-6-11(20-8-4-3-5-15-7-8)12(14(18)19)16(10)13(9)17/h3-5,7,9-10H,2,6H2,1H3,(H,18,19). The number of carbonyl (C=O) groups excluding carboxylic acids is 1. The SMILES string of the molecule is CCC1C(=O)N2C(C(=O)O)=C(Sc3cccnc3)CC12. The maximum atomic E-state index is 12.0. The smallest absolute Gasteiger partial charge is 0.353 e. The number of thioether (sulfide) groups is 1. The van der Waals surface area contributed by atoms with Crippen LogP contribution in [0, 0.1) is 5.92 Å². The fraction of sp³-hybridized carbons (Fsp3) is 0.357. The number of carboxylic acids is 1. The number of fused-ring (bicyclic) bond motifs is 1. The Morgan fingerprint density at radius 1 is 1.60 bits per heavy atom. The predicted octanol–water partition coefficient (Wildman–Crippen LogP) is 2.11. The molecule has 2 atom stereocenters. The first-order valence-corrected chi connectivity index (χ1v) is 7.32. The van der Waals surface area contributed by atoms with Gasteiger partial charge < -0.3 is 10.0 Å². The van der Waals surface area contributed by atoms with Crippen LogP contribution in [0.15, 0.2) is 40.0 Å². The zero-order chi connectivity index (χ0) is 14.3. The monoisotopic (exact) mass is 290 g/mol. The number of nitrogens with zero attached hydrogens (tertiary/aromatic N) is 2. The van der Waals surface area contributed by atoms with E-state index < -0.39 is 5.97 Å². The number of pyridine rings is 1. The number of aromatic nitrogens is 1. The van der Waals surface area contributed by atoms with Crippen molar-refractivity contribution in [3.05, 3.63) is 35.1 Å². The number of rotatable bonds is 4. The van der Waals surface area contributed by atoms with E-state index in [2.05, 4.69) is 4.98 Å². The van der Waals surface area contributed by atoms with E-state index in [4.69, 9.17) is 0 Å². The summed E-state index contributed by atoms with van der Waals surface area (Å²) < 4.78 is 0. The van der Waals surface area contributed by atoms with Crippen LogP contribution in [0.5, 0.6) is 0 Å². The van der Waals surface area contributed by atoms with Crippen molar-refractivity contribution in [3.63, 3.8) is 0 Å². The second-order valence-corrected chi connectivity index (χ2v) is 6.03. The Labute approximate surface area is 120 Å². The predicted molar refractivity (Wildman–Crippen MR) is 73.8 cm³/mol. The van der Waals surface area contributed by atoms with Gasteiger partial charge in [0.25, 0.3) is 0 Å². The van der Waals surface area contributed by atoms with Crippen LogP contribution in [-0.2, 0) is 9.59 Å². The molecule has 3 heterocycles. The molecule has 5 nitrogen and oxygen atoms in total. The van der Waals surface area contributed by atoms with E-state index in [0.717, 1.165) is 16.2 Å². The van der Waals surface area contributed by atoms with Crippen LogP contribution in [0.3, 0.4) is 0 Å². The number of hydrogen-bond donors (Lipinski definition) is 1. The summed E-state index contributed by atoms with van der Waals surface area (Å²) in [6.07, 6.45) is 4.77. The third kappa shape index (κ3) is 1.91. The van der Waals surface area contributed by atoms with Gasteiger partial charge in [-0.2, -0.15) is 0 Å². The first-order valence-electron chi connectivity index (χ1n) is 6.51. The molecule has 0 saturated carbocycles. The summed E-state index contributed by atoms with van der Waals surface area (Å²) in [5.74, 6) is -1.12. The normalized spacial score (nSPS) is 24.6. The van der Waals surface area contributed by atoms with E-state index in [1.807, 2.05) is 19.1 Å². The van der Waals surface area contributed by atoms with Gasteiger partial charge in [-0.3, -0.25) is 9.78 Å². The third-order valence-corrected chi connectivity index (χ3v) is 4.85.